The molecule has 0 atom stereocenters. The second-order valence-electron chi connectivity index (χ2n) is 9.45. The van der Waals surface area contributed by atoms with Gasteiger partial charge in [-0.2, -0.15) is 0 Å². The zero-order chi connectivity index (χ0) is 20.0. The fourth-order valence-electron chi connectivity index (χ4n) is 6.15. The molecule has 2 aromatic rings. The van der Waals surface area contributed by atoms with Crippen molar-refractivity contribution < 1.29 is 9.59 Å². The molecule has 152 valence electrons. The summed E-state index contributed by atoms with van der Waals surface area (Å²) in [5.41, 5.74) is 1.98. The number of amides is 1. The molecule has 4 aliphatic rings. The van der Waals surface area contributed by atoms with Crippen LogP contribution in [0, 0.1) is 24.7 Å². The third-order valence-electron chi connectivity index (χ3n) is 7.12. The van der Waals surface area contributed by atoms with Gasteiger partial charge in [-0.25, -0.2) is 0 Å². The molecule has 0 unspecified atom stereocenters. The molecule has 0 aliphatic heterocycles. The summed E-state index contributed by atoms with van der Waals surface area (Å²) >= 11 is 1.54. The van der Waals surface area contributed by atoms with Gasteiger partial charge in [-0.05, 0) is 63.2 Å². The average Bonchev–Trinajstić information content (AvgIpc) is 3.15. The number of hydrogen-bond donors (Lipinski definition) is 1. The van der Waals surface area contributed by atoms with Gasteiger partial charge >= 0.3 is 0 Å². The van der Waals surface area contributed by atoms with Gasteiger partial charge in [-0.15, -0.1) is 10.2 Å². The van der Waals surface area contributed by atoms with Crippen molar-refractivity contribution in [3.05, 3.63) is 40.4 Å². The van der Waals surface area contributed by atoms with Gasteiger partial charge in [0.15, 0.2) is 5.78 Å². The molecule has 1 aromatic carbocycles. The lowest BCUT2D eigenvalue weighted by atomic mass is 9.50. The molecule has 1 aromatic heterocycles. The second-order valence-corrected chi connectivity index (χ2v) is 10.4. The molecule has 0 radical (unpaired) electrons. The Morgan fingerprint density at radius 2 is 1.62 bits per heavy atom. The Kier molecular flexibility index (Phi) is 4.77. The van der Waals surface area contributed by atoms with Crippen molar-refractivity contribution in [2.75, 3.05) is 5.32 Å². The predicted octanol–water partition coefficient (Wildman–Crippen LogP) is 4.92. The first kappa shape index (κ1) is 18.9. The minimum absolute atomic E-state index is 0.00771. The van der Waals surface area contributed by atoms with Gasteiger partial charge in [0.05, 0.1) is 0 Å². The van der Waals surface area contributed by atoms with E-state index in [-0.39, 0.29) is 29.9 Å². The van der Waals surface area contributed by atoms with Crippen LogP contribution in [0.1, 0.15) is 72.3 Å². The summed E-state index contributed by atoms with van der Waals surface area (Å²) in [4.78, 5) is 24.6. The summed E-state index contributed by atoms with van der Waals surface area (Å²) in [5, 5.41) is 13.3. The summed E-state index contributed by atoms with van der Waals surface area (Å²) in [6.07, 6.45) is 8.30. The van der Waals surface area contributed by atoms with E-state index in [1.807, 2.05) is 31.2 Å². The maximum atomic E-state index is 12.3. The van der Waals surface area contributed by atoms with E-state index < -0.39 is 0 Å². The minimum atomic E-state index is -0.168. The maximum Gasteiger partial charge on any atom is 0.226 e. The van der Waals surface area contributed by atoms with Crippen molar-refractivity contribution in [3.8, 4) is 0 Å². The molecule has 4 saturated carbocycles. The van der Waals surface area contributed by atoms with Gasteiger partial charge in [0.25, 0.3) is 0 Å². The SMILES string of the molecule is Cc1ccc(C(=O)CCC(=O)Nc2nnc(C34CC5CC(CC(C5)C3)C4)s2)cc1. The van der Waals surface area contributed by atoms with Gasteiger partial charge in [0, 0.05) is 23.8 Å². The minimum Gasteiger partial charge on any atom is -0.301 e. The van der Waals surface area contributed by atoms with Crippen LogP contribution in [0.15, 0.2) is 24.3 Å². The third-order valence-corrected chi connectivity index (χ3v) is 8.20. The first-order valence-corrected chi connectivity index (χ1v) is 11.5. The lowest BCUT2D eigenvalue weighted by molar-refractivity contribution is -0.116. The molecular weight excluding hydrogens is 382 g/mol. The van der Waals surface area contributed by atoms with Gasteiger partial charge < -0.3 is 5.32 Å². The van der Waals surface area contributed by atoms with Crippen LogP contribution in [-0.2, 0) is 10.2 Å². The molecule has 4 fully saturated rings. The number of nitrogens with one attached hydrogen (secondary N) is 1. The highest BCUT2D eigenvalue weighted by Crippen LogP contribution is 2.61. The molecular formula is C23H27N3O2S. The molecule has 1 amide bonds. The third kappa shape index (κ3) is 3.75. The highest BCUT2D eigenvalue weighted by molar-refractivity contribution is 7.15. The Hall–Kier alpha value is -2.08. The van der Waals surface area contributed by atoms with Gasteiger partial charge in [-0.1, -0.05) is 41.2 Å². The van der Waals surface area contributed by atoms with Crippen LogP contribution in [0.2, 0.25) is 0 Å². The van der Waals surface area contributed by atoms with E-state index >= 15 is 0 Å². The predicted molar refractivity (Wildman–Crippen MR) is 113 cm³/mol. The van der Waals surface area contributed by atoms with Crippen molar-refractivity contribution in [3.63, 3.8) is 0 Å². The number of nitrogens with zero attached hydrogens (tertiary/aromatic N) is 2. The molecule has 29 heavy (non-hydrogen) atoms. The van der Waals surface area contributed by atoms with E-state index in [4.69, 9.17) is 0 Å². The number of anilines is 1. The Bertz CT molecular complexity index is 899. The van der Waals surface area contributed by atoms with Gasteiger partial charge in [0.2, 0.25) is 11.0 Å². The van der Waals surface area contributed by atoms with Crippen LogP contribution in [0.5, 0.6) is 0 Å². The number of benzene rings is 1. The molecule has 5 nitrogen and oxygen atoms in total. The summed E-state index contributed by atoms with van der Waals surface area (Å²) in [6.45, 7) is 1.99. The molecule has 6 heteroatoms. The van der Waals surface area contributed by atoms with Crippen LogP contribution in [0.3, 0.4) is 0 Å². The van der Waals surface area contributed by atoms with Crippen LogP contribution >= 0.6 is 11.3 Å². The Morgan fingerprint density at radius 1 is 1.00 bits per heavy atom. The van der Waals surface area contributed by atoms with Crippen LogP contribution < -0.4 is 5.32 Å². The number of ketones is 1. The fourth-order valence-corrected chi connectivity index (χ4v) is 7.13. The number of aromatic nitrogens is 2. The van der Waals surface area contributed by atoms with Crippen molar-refractivity contribution >= 4 is 28.2 Å². The van der Waals surface area contributed by atoms with E-state index in [0.29, 0.717) is 10.7 Å². The molecule has 0 spiro atoms. The number of carbonyl (C=O) groups excluding carboxylic acids is 2. The number of aryl methyl sites for hydroxylation is 1. The summed E-state index contributed by atoms with van der Waals surface area (Å²) < 4.78 is 0. The van der Waals surface area contributed by atoms with E-state index in [1.165, 1.54) is 38.5 Å². The largest absolute Gasteiger partial charge is 0.301 e. The lowest BCUT2D eigenvalue weighted by Gasteiger charge is -2.55. The van der Waals surface area contributed by atoms with E-state index in [1.54, 1.807) is 11.3 Å². The Balaban J connectivity index is 1.19. The number of Topliss-reactive ketones (excluding diaryl/α,β-unsaturated/α-hetero) is 1. The zero-order valence-corrected chi connectivity index (χ0v) is 17.6. The quantitative estimate of drug-likeness (QED) is 0.688. The van der Waals surface area contributed by atoms with E-state index in [2.05, 4.69) is 15.5 Å². The average molecular weight is 410 g/mol. The fraction of sp³-hybridized carbons (Fsp3) is 0.565. The Labute approximate surface area is 175 Å². The zero-order valence-electron chi connectivity index (χ0n) is 16.8. The molecule has 4 bridgehead atoms. The number of rotatable bonds is 6. The van der Waals surface area contributed by atoms with Crippen molar-refractivity contribution in [2.45, 2.75) is 63.7 Å². The van der Waals surface area contributed by atoms with Crippen LogP contribution in [0.4, 0.5) is 5.13 Å². The summed E-state index contributed by atoms with van der Waals surface area (Å²) in [7, 11) is 0. The highest BCUT2D eigenvalue weighted by atomic mass is 32.1. The number of carbonyl (C=O) groups is 2. The lowest BCUT2D eigenvalue weighted by Crippen LogP contribution is -2.48. The van der Waals surface area contributed by atoms with Gasteiger partial charge in [-0.3, -0.25) is 9.59 Å². The van der Waals surface area contributed by atoms with Crippen molar-refractivity contribution in [1.29, 1.82) is 0 Å². The maximum absolute atomic E-state index is 12.3. The van der Waals surface area contributed by atoms with Gasteiger partial charge in [0.1, 0.15) is 5.01 Å². The normalized spacial score (nSPS) is 29.8. The van der Waals surface area contributed by atoms with E-state index in [0.717, 1.165) is 28.3 Å². The second kappa shape index (κ2) is 7.31. The standard InChI is InChI=1S/C23H27N3O2S/c1-14-2-4-18(5-3-14)19(27)6-7-20(28)24-22-26-25-21(29-22)23-11-15-8-16(12-23)10-17(9-15)13-23/h2-5,15-17H,6-13H2,1H3,(H,24,26,28). The molecule has 6 rings (SSSR count). The monoisotopic (exact) mass is 409 g/mol. The van der Waals surface area contributed by atoms with Crippen LogP contribution in [-0.4, -0.2) is 21.9 Å². The summed E-state index contributed by atoms with van der Waals surface area (Å²) in [5.74, 6) is 2.40. The topological polar surface area (TPSA) is 72.0 Å². The number of hydrogen-bond acceptors (Lipinski definition) is 5. The molecule has 1 heterocycles. The smallest absolute Gasteiger partial charge is 0.226 e. The van der Waals surface area contributed by atoms with Crippen molar-refractivity contribution in [1.82, 2.24) is 10.2 Å². The van der Waals surface area contributed by atoms with E-state index in [9.17, 15) is 9.59 Å². The van der Waals surface area contributed by atoms with Crippen LogP contribution in [0.25, 0.3) is 0 Å². The molecule has 0 saturated heterocycles. The first-order chi connectivity index (χ1) is 14.0. The van der Waals surface area contributed by atoms with Crippen molar-refractivity contribution in [2.24, 2.45) is 17.8 Å². The first-order valence-electron chi connectivity index (χ1n) is 10.7. The molecule has 1 N–H and O–H groups in total. The summed E-state index contributed by atoms with van der Waals surface area (Å²) in [6, 6.07) is 7.47. The molecule has 4 aliphatic carbocycles. The highest BCUT2D eigenvalue weighted by Gasteiger charge is 2.53. The Morgan fingerprint density at radius 3 is 2.24 bits per heavy atom.